The first-order valence-corrected chi connectivity index (χ1v) is 9.19. The van der Waals surface area contributed by atoms with E-state index in [0.717, 1.165) is 34.5 Å². The predicted molar refractivity (Wildman–Crippen MR) is 100 cm³/mol. The van der Waals surface area contributed by atoms with Crippen LogP contribution in [0.2, 0.25) is 0 Å². The Morgan fingerprint density at radius 1 is 1.04 bits per heavy atom. The fourth-order valence-corrected chi connectivity index (χ4v) is 4.69. The summed E-state index contributed by atoms with van der Waals surface area (Å²) in [5.74, 6) is 1.03. The minimum absolute atomic E-state index is 0.116. The smallest absolute Gasteiger partial charge is 0.254 e. The molecule has 0 unspecified atom stereocenters. The van der Waals surface area contributed by atoms with E-state index in [9.17, 15) is 4.79 Å². The van der Waals surface area contributed by atoms with Crippen LogP contribution in [0.25, 0.3) is 0 Å². The van der Waals surface area contributed by atoms with Crippen LogP contribution in [0.3, 0.4) is 0 Å². The Morgan fingerprint density at radius 3 is 2.56 bits per heavy atom. The van der Waals surface area contributed by atoms with Crippen LogP contribution in [0.4, 0.5) is 17.1 Å². The molecular weight excluding hydrogens is 310 g/mol. The Balaban J connectivity index is 1.32. The molecule has 5 rings (SSSR count). The van der Waals surface area contributed by atoms with Gasteiger partial charge in [0, 0.05) is 48.8 Å². The summed E-state index contributed by atoms with van der Waals surface area (Å²) in [6.45, 7) is 1.92. The second kappa shape index (κ2) is 5.51. The van der Waals surface area contributed by atoms with Crippen LogP contribution < -0.4 is 10.2 Å². The van der Waals surface area contributed by atoms with E-state index in [-0.39, 0.29) is 5.91 Å². The molecule has 2 bridgehead atoms. The van der Waals surface area contributed by atoms with Crippen molar-refractivity contribution in [2.75, 3.05) is 23.8 Å². The van der Waals surface area contributed by atoms with Gasteiger partial charge in [0.15, 0.2) is 0 Å². The third kappa shape index (κ3) is 2.48. The summed E-state index contributed by atoms with van der Waals surface area (Å²) in [6.07, 6.45) is 4.14. The molecule has 1 amide bonds. The van der Waals surface area contributed by atoms with Gasteiger partial charge in [-0.15, -0.1) is 0 Å². The van der Waals surface area contributed by atoms with E-state index in [1.165, 1.54) is 31.5 Å². The number of nitrogens with zero attached hydrogens (tertiary/aromatic N) is 2. The average molecular weight is 333 g/mol. The Bertz CT molecular complexity index is 830. The molecule has 1 N–H and O–H groups in total. The number of hydrogen-bond acceptors (Lipinski definition) is 3. The maximum atomic E-state index is 12.0. The molecule has 0 aromatic heterocycles. The van der Waals surface area contributed by atoms with Crippen LogP contribution >= 0.6 is 0 Å². The molecule has 2 heterocycles. The molecule has 0 spiro atoms. The Morgan fingerprint density at radius 2 is 1.84 bits per heavy atom. The van der Waals surface area contributed by atoms with Crippen LogP contribution in [0.15, 0.2) is 42.5 Å². The highest BCUT2D eigenvalue weighted by atomic mass is 16.2. The predicted octanol–water partition coefficient (Wildman–Crippen LogP) is 4.00. The largest absolute Gasteiger partial charge is 0.368 e. The van der Waals surface area contributed by atoms with Gasteiger partial charge in [-0.05, 0) is 73.2 Å². The van der Waals surface area contributed by atoms with Gasteiger partial charge in [0.05, 0.1) is 0 Å². The highest BCUT2D eigenvalue weighted by Gasteiger charge is 2.37. The third-order valence-corrected chi connectivity index (χ3v) is 5.99. The maximum absolute atomic E-state index is 12.0. The Hall–Kier alpha value is -2.49. The van der Waals surface area contributed by atoms with Crippen LogP contribution in [0, 0.1) is 5.92 Å². The maximum Gasteiger partial charge on any atom is 0.254 e. The van der Waals surface area contributed by atoms with Gasteiger partial charge in [0.1, 0.15) is 0 Å². The van der Waals surface area contributed by atoms with Gasteiger partial charge in [-0.3, -0.25) is 4.79 Å². The molecule has 3 aliphatic rings. The Labute approximate surface area is 148 Å². The lowest BCUT2D eigenvalue weighted by Crippen LogP contribution is -2.31. The number of benzene rings is 2. The highest BCUT2D eigenvalue weighted by molar-refractivity contribution is 5.98. The summed E-state index contributed by atoms with van der Waals surface area (Å²) in [4.78, 5) is 16.3. The van der Waals surface area contributed by atoms with Gasteiger partial charge < -0.3 is 15.1 Å². The van der Waals surface area contributed by atoms with E-state index in [2.05, 4.69) is 40.5 Å². The quantitative estimate of drug-likeness (QED) is 0.922. The van der Waals surface area contributed by atoms with Crippen LogP contribution in [-0.4, -0.2) is 30.4 Å². The normalized spacial score (nSPS) is 24.1. The summed E-state index contributed by atoms with van der Waals surface area (Å²) < 4.78 is 0. The highest BCUT2D eigenvalue weighted by Crippen LogP contribution is 2.40. The molecule has 2 aromatic carbocycles. The van der Waals surface area contributed by atoms with Crippen molar-refractivity contribution in [1.82, 2.24) is 4.90 Å². The van der Waals surface area contributed by atoms with E-state index in [1.54, 1.807) is 4.90 Å². The van der Waals surface area contributed by atoms with Gasteiger partial charge in [-0.25, -0.2) is 0 Å². The molecule has 4 heteroatoms. The van der Waals surface area contributed by atoms with Crippen molar-refractivity contribution in [3.63, 3.8) is 0 Å². The zero-order valence-electron chi connectivity index (χ0n) is 14.5. The molecule has 1 saturated heterocycles. The third-order valence-electron chi connectivity index (χ3n) is 5.99. The lowest BCUT2D eigenvalue weighted by atomic mass is 10.1. The molecule has 2 fully saturated rings. The summed E-state index contributed by atoms with van der Waals surface area (Å²) in [5, 5.41) is 3.47. The van der Waals surface area contributed by atoms with Crippen LogP contribution in [0.1, 0.15) is 35.2 Å². The van der Waals surface area contributed by atoms with E-state index in [1.807, 2.05) is 19.2 Å². The van der Waals surface area contributed by atoms with E-state index >= 15 is 0 Å². The number of fused-ring (bicyclic) bond motifs is 3. The summed E-state index contributed by atoms with van der Waals surface area (Å²) in [6, 6.07) is 15.5. The standard InChI is InChI=1S/C21H23N3O/c1-23-13-15-11-17(5-9-20(15)21(23)25)22-16-3-7-18(8-4-16)24-12-14-2-6-19(24)10-14/h3-5,7-9,11,14,19,22H,2,6,10,12-13H2,1H3/t14-,19+/m0/s1. The van der Waals surface area contributed by atoms with Crippen molar-refractivity contribution in [2.45, 2.75) is 31.8 Å². The first-order chi connectivity index (χ1) is 12.2. The van der Waals surface area contributed by atoms with Crippen LogP contribution in [0.5, 0.6) is 0 Å². The fourth-order valence-electron chi connectivity index (χ4n) is 4.69. The zero-order valence-corrected chi connectivity index (χ0v) is 14.5. The zero-order chi connectivity index (χ0) is 17.0. The fraction of sp³-hybridized carbons (Fsp3) is 0.381. The number of nitrogens with one attached hydrogen (secondary N) is 1. The van der Waals surface area contributed by atoms with Crippen molar-refractivity contribution in [1.29, 1.82) is 0 Å². The Kier molecular flexibility index (Phi) is 3.27. The molecule has 1 aliphatic carbocycles. The lowest BCUT2D eigenvalue weighted by Gasteiger charge is -2.29. The van der Waals surface area contributed by atoms with E-state index in [0.29, 0.717) is 6.54 Å². The van der Waals surface area contributed by atoms with Crippen molar-refractivity contribution in [3.05, 3.63) is 53.6 Å². The number of anilines is 3. The van der Waals surface area contributed by atoms with Crippen molar-refractivity contribution in [3.8, 4) is 0 Å². The molecule has 2 aliphatic heterocycles. The second-order valence-electron chi connectivity index (χ2n) is 7.69. The molecule has 25 heavy (non-hydrogen) atoms. The van der Waals surface area contributed by atoms with Gasteiger partial charge >= 0.3 is 0 Å². The number of carbonyl (C=O) groups is 1. The number of amides is 1. The topological polar surface area (TPSA) is 35.6 Å². The molecule has 2 atom stereocenters. The van der Waals surface area contributed by atoms with Crippen molar-refractivity contribution >= 4 is 23.0 Å². The van der Waals surface area contributed by atoms with Crippen molar-refractivity contribution in [2.24, 2.45) is 5.92 Å². The van der Waals surface area contributed by atoms with Gasteiger partial charge in [-0.1, -0.05) is 0 Å². The van der Waals surface area contributed by atoms with Gasteiger partial charge in [0.25, 0.3) is 5.91 Å². The molecule has 4 nitrogen and oxygen atoms in total. The minimum Gasteiger partial charge on any atom is -0.368 e. The van der Waals surface area contributed by atoms with E-state index < -0.39 is 0 Å². The molecule has 128 valence electrons. The first kappa shape index (κ1) is 14.8. The number of carbonyl (C=O) groups excluding carboxylic acids is 1. The lowest BCUT2D eigenvalue weighted by molar-refractivity contribution is 0.0816. The minimum atomic E-state index is 0.116. The molecular formula is C21H23N3O. The monoisotopic (exact) mass is 333 g/mol. The second-order valence-corrected chi connectivity index (χ2v) is 7.69. The molecule has 2 aromatic rings. The molecule has 1 saturated carbocycles. The van der Waals surface area contributed by atoms with Gasteiger partial charge in [0.2, 0.25) is 0 Å². The molecule has 0 radical (unpaired) electrons. The summed E-state index contributed by atoms with van der Waals surface area (Å²) in [5.41, 5.74) is 5.40. The van der Waals surface area contributed by atoms with Crippen molar-refractivity contribution < 1.29 is 4.79 Å². The number of hydrogen-bond donors (Lipinski definition) is 1. The number of piperidine rings is 1. The van der Waals surface area contributed by atoms with E-state index in [4.69, 9.17) is 0 Å². The summed E-state index contributed by atoms with van der Waals surface area (Å²) in [7, 11) is 1.85. The van der Waals surface area contributed by atoms with Gasteiger partial charge in [-0.2, -0.15) is 0 Å². The van der Waals surface area contributed by atoms with Crippen LogP contribution in [-0.2, 0) is 6.54 Å². The first-order valence-electron chi connectivity index (χ1n) is 9.19. The summed E-state index contributed by atoms with van der Waals surface area (Å²) >= 11 is 0. The number of rotatable bonds is 3. The SMILES string of the molecule is CN1Cc2cc(Nc3ccc(N4C[C@H]5CC[C@@H]4C5)cc3)ccc2C1=O. The average Bonchev–Trinajstić information content (AvgIpc) is 3.31.